The summed E-state index contributed by atoms with van der Waals surface area (Å²) in [7, 11) is 0. The summed E-state index contributed by atoms with van der Waals surface area (Å²) in [5.41, 5.74) is -1.49. The van der Waals surface area contributed by atoms with E-state index in [1.54, 1.807) is 20.8 Å². The van der Waals surface area contributed by atoms with Gasteiger partial charge in [-0.25, -0.2) is 0 Å². The Kier molecular flexibility index (Phi) is 10.2. The minimum atomic E-state index is -1.30. The fraction of sp³-hybridized carbons (Fsp3) is 0.974. The molecule has 10 nitrogen and oxygen atoms in total. The molecule has 6 fully saturated rings. The van der Waals surface area contributed by atoms with Crippen LogP contribution < -0.4 is 0 Å². The molecule has 4 saturated carbocycles. The summed E-state index contributed by atoms with van der Waals surface area (Å²) in [6.45, 7) is 16.3. The van der Waals surface area contributed by atoms with Gasteiger partial charge in [0.1, 0.15) is 18.3 Å². The molecule has 16 atom stereocenters. The van der Waals surface area contributed by atoms with Crippen LogP contribution in [0.15, 0.2) is 0 Å². The summed E-state index contributed by atoms with van der Waals surface area (Å²) in [6.07, 6.45) is 2.71. The van der Waals surface area contributed by atoms with Gasteiger partial charge in [0.15, 0.2) is 12.4 Å². The van der Waals surface area contributed by atoms with Crippen LogP contribution in [0.5, 0.6) is 0 Å². The van der Waals surface area contributed by atoms with Crippen molar-refractivity contribution >= 4 is 5.97 Å². The number of carbonyl (C=O) groups excluding carboxylic acids is 1. The first-order valence-electron chi connectivity index (χ1n) is 19.4. The molecule has 0 radical (unpaired) electrons. The Morgan fingerprint density at radius 2 is 1.65 bits per heavy atom. The number of hydrogen-bond acceptors (Lipinski definition) is 10. The highest BCUT2D eigenvalue weighted by Crippen LogP contribution is 2.86. The molecule has 2 heterocycles. The van der Waals surface area contributed by atoms with E-state index in [4.69, 9.17) is 18.9 Å². The van der Waals surface area contributed by atoms with E-state index in [2.05, 4.69) is 34.6 Å². The SMILES string of the molecule is CCC(=O)OC(C1CC(C)C(CC)C(C(O)C2(C)CCCC34CC35CCC(OC3OCC(O)C(O)C3O)C(C)(C)C5CCC24)O1)C(C)(C)O. The van der Waals surface area contributed by atoms with Gasteiger partial charge < -0.3 is 44.5 Å². The third-order valence-electron chi connectivity index (χ3n) is 15.2. The average molecular weight is 695 g/mol. The Morgan fingerprint density at radius 1 is 0.980 bits per heavy atom. The fourth-order valence-corrected chi connectivity index (χ4v) is 12.7. The van der Waals surface area contributed by atoms with Gasteiger partial charge in [0, 0.05) is 6.42 Å². The van der Waals surface area contributed by atoms with Gasteiger partial charge in [-0.15, -0.1) is 0 Å². The van der Waals surface area contributed by atoms with Gasteiger partial charge in [-0.3, -0.25) is 4.79 Å². The molecule has 0 bridgehead atoms. The second-order valence-corrected chi connectivity index (χ2v) is 18.6. The summed E-state index contributed by atoms with van der Waals surface area (Å²) < 4.78 is 24.8. The van der Waals surface area contributed by atoms with Gasteiger partial charge in [-0.2, -0.15) is 0 Å². The molecule has 0 aromatic carbocycles. The van der Waals surface area contributed by atoms with E-state index in [0.717, 1.165) is 51.4 Å². The Bertz CT molecular complexity index is 1200. The molecule has 0 aromatic rings. The highest BCUT2D eigenvalue weighted by Gasteiger charge is 2.80. The minimum Gasteiger partial charge on any atom is -0.457 e. The van der Waals surface area contributed by atoms with E-state index in [0.29, 0.717) is 18.3 Å². The maximum absolute atomic E-state index is 12.7. The zero-order chi connectivity index (χ0) is 35.9. The molecule has 16 unspecified atom stereocenters. The largest absolute Gasteiger partial charge is 0.457 e. The lowest BCUT2D eigenvalue weighted by molar-refractivity contribution is -0.302. The average Bonchev–Trinajstić information content (AvgIpc) is 3.70. The van der Waals surface area contributed by atoms with Crippen molar-refractivity contribution in [2.75, 3.05) is 6.61 Å². The molecule has 282 valence electrons. The van der Waals surface area contributed by atoms with E-state index in [1.165, 1.54) is 6.42 Å². The van der Waals surface area contributed by atoms with E-state index >= 15 is 0 Å². The molecule has 0 amide bonds. The Morgan fingerprint density at radius 3 is 2.31 bits per heavy atom. The van der Waals surface area contributed by atoms with Crippen molar-refractivity contribution in [2.24, 2.45) is 45.3 Å². The number of aliphatic hydroxyl groups is 5. The van der Waals surface area contributed by atoms with Crippen LogP contribution in [-0.4, -0.2) is 98.8 Å². The van der Waals surface area contributed by atoms with Gasteiger partial charge in [-0.05, 0) is 111 Å². The van der Waals surface area contributed by atoms with E-state index in [-0.39, 0.29) is 58.6 Å². The zero-order valence-corrected chi connectivity index (χ0v) is 31.3. The Labute approximate surface area is 293 Å². The molecular formula is C39H66O10. The summed E-state index contributed by atoms with van der Waals surface area (Å²) in [5, 5.41) is 54.7. The number of esters is 1. The highest BCUT2D eigenvalue weighted by atomic mass is 16.7. The van der Waals surface area contributed by atoms with Crippen molar-refractivity contribution in [1.82, 2.24) is 0 Å². The van der Waals surface area contributed by atoms with Gasteiger partial charge in [-0.1, -0.05) is 54.4 Å². The maximum atomic E-state index is 12.7. The third-order valence-corrected chi connectivity index (χ3v) is 15.2. The fourth-order valence-electron chi connectivity index (χ4n) is 12.7. The van der Waals surface area contributed by atoms with Gasteiger partial charge in [0.05, 0.1) is 36.6 Å². The van der Waals surface area contributed by atoms with Crippen molar-refractivity contribution in [2.45, 2.75) is 187 Å². The van der Waals surface area contributed by atoms with Crippen LogP contribution in [0.2, 0.25) is 0 Å². The number of ether oxygens (including phenoxy) is 4. The standard InChI is InChI=1S/C39H66O10/c1-9-22-21(3)18-24(33(36(6,7)45)49-28(41)10-2)47-31(22)32(44)37(8)15-11-16-38-20-39(38)17-14-27(35(4,5)25(39)12-13-26(37)38)48-34-30(43)29(42)23(40)19-46-34/h21-27,29-34,40,42-45H,9-20H2,1-8H3. The predicted octanol–water partition coefficient (Wildman–Crippen LogP) is 4.50. The molecule has 2 aliphatic heterocycles. The quantitative estimate of drug-likeness (QED) is 0.172. The lowest BCUT2D eigenvalue weighted by Gasteiger charge is -2.61. The molecule has 2 spiro atoms. The molecular weight excluding hydrogens is 628 g/mol. The van der Waals surface area contributed by atoms with Crippen molar-refractivity contribution in [3.8, 4) is 0 Å². The Balaban J connectivity index is 1.23. The molecule has 6 rings (SSSR count). The number of hydrogen-bond donors (Lipinski definition) is 5. The van der Waals surface area contributed by atoms with Gasteiger partial charge in [0.2, 0.25) is 0 Å². The van der Waals surface area contributed by atoms with E-state index in [9.17, 15) is 30.3 Å². The molecule has 6 aliphatic rings. The lowest BCUT2D eigenvalue weighted by atomic mass is 9.45. The predicted molar refractivity (Wildman–Crippen MR) is 182 cm³/mol. The topological polar surface area (TPSA) is 155 Å². The molecule has 4 aliphatic carbocycles. The third kappa shape index (κ3) is 6.04. The van der Waals surface area contributed by atoms with Crippen LogP contribution in [0.3, 0.4) is 0 Å². The number of rotatable bonds is 9. The zero-order valence-electron chi connectivity index (χ0n) is 31.3. The van der Waals surface area contributed by atoms with E-state index < -0.39 is 54.6 Å². The number of carbonyl (C=O) groups is 1. The van der Waals surface area contributed by atoms with Crippen LogP contribution in [0.4, 0.5) is 0 Å². The van der Waals surface area contributed by atoms with Gasteiger partial charge in [0.25, 0.3) is 0 Å². The second kappa shape index (κ2) is 13.2. The van der Waals surface area contributed by atoms with Crippen molar-refractivity contribution in [1.29, 1.82) is 0 Å². The van der Waals surface area contributed by atoms with Gasteiger partial charge >= 0.3 is 5.97 Å². The minimum absolute atomic E-state index is 0.0689. The van der Waals surface area contributed by atoms with Crippen LogP contribution in [0, 0.1) is 45.3 Å². The van der Waals surface area contributed by atoms with Crippen molar-refractivity contribution in [3.05, 3.63) is 0 Å². The summed E-state index contributed by atoms with van der Waals surface area (Å²) >= 11 is 0. The monoisotopic (exact) mass is 694 g/mol. The van der Waals surface area contributed by atoms with Crippen LogP contribution >= 0.6 is 0 Å². The normalized spacial score (nSPS) is 49.1. The second-order valence-electron chi connectivity index (χ2n) is 18.6. The van der Waals surface area contributed by atoms with E-state index in [1.807, 2.05) is 0 Å². The molecule has 5 N–H and O–H groups in total. The Hall–Kier alpha value is -0.850. The summed E-state index contributed by atoms with van der Waals surface area (Å²) in [6, 6.07) is 0. The first kappa shape index (κ1) is 37.9. The first-order valence-corrected chi connectivity index (χ1v) is 19.4. The molecule has 2 saturated heterocycles. The first-order chi connectivity index (χ1) is 22.9. The maximum Gasteiger partial charge on any atom is 0.305 e. The van der Waals surface area contributed by atoms with Crippen molar-refractivity contribution in [3.63, 3.8) is 0 Å². The smallest absolute Gasteiger partial charge is 0.305 e. The van der Waals surface area contributed by atoms with Crippen LogP contribution in [0.25, 0.3) is 0 Å². The summed E-state index contributed by atoms with van der Waals surface area (Å²) in [4.78, 5) is 12.5. The highest BCUT2D eigenvalue weighted by molar-refractivity contribution is 5.69. The molecule has 49 heavy (non-hydrogen) atoms. The summed E-state index contributed by atoms with van der Waals surface area (Å²) in [5.74, 6) is 0.790. The molecule has 10 heteroatoms. The molecule has 0 aromatic heterocycles. The lowest BCUT2D eigenvalue weighted by Crippen LogP contribution is -2.62. The van der Waals surface area contributed by atoms with Crippen LogP contribution in [-0.2, 0) is 23.7 Å². The number of aliphatic hydroxyl groups excluding tert-OH is 4. The van der Waals surface area contributed by atoms with Crippen molar-refractivity contribution < 1.29 is 49.3 Å². The van der Waals surface area contributed by atoms with Crippen LogP contribution in [0.1, 0.15) is 126 Å².